The van der Waals surface area contributed by atoms with Crippen molar-refractivity contribution in [1.29, 1.82) is 0 Å². The molecular formula is C11H19N. The highest BCUT2D eigenvalue weighted by molar-refractivity contribution is 5.87. The van der Waals surface area contributed by atoms with E-state index in [2.05, 4.69) is 4.99 Å². The maximum atomic E-state index is 4.67. The summed E-state index contributed by atoms with van der Waals surface area (Å²) >= 11 is 0. The average molecular weight is 165 g/mol. The minimum atomic E-state index is 0.888. The number of aliphatic imine (C=N–C) groups is 1. The Labute approximate surface area is 75.3 Å². The van der Waals surface area contributed by atoms with E-state index >= 15 is 0 Å². The molecule has 1 aliphatic heterocycles. The lowest BCUT2D eigenvalue weighted by Gasteiger charge is -2.25. The highest BCUT2D eigenvalue weighted by atomic mass is 14.8. The Kier molecular flexibility index (Phi) is 2.80. The molecule has 0 spiro atoms. The van der Waals surface area contributed by atoms with Crippen LogP contribution < -0.4 is 0 Å². The lowest BCUT2D eigenvalue weighted by molar-refractivity contribution is 0.430. The van der Waals surface area contributed by atoms with E-state index in [0.29, 0.717) is 0 Å². The summed E-state index contributed by atoms with van der Waals surface area (Å²) in [5, 5.41) is 0. The molecule has 0 saturated heterocycles. The summed E-state index contributed by atoms with van der Waals surface area (Å²) in [7, 11) is 0. The van der Waals surface area contributed by atoms with E-state index < -0.39 is 0 Å². The van der Waals surface area contributed by atoms with Crippen LogP contribution in [0.1, 0.15) is 51.4 Å². The van der Waals surface area contributed by atoms with Gasteiger partial charge in [0.15, 0.2) is 0 Å². The zero-order valence-corrected chi connectivity index (χ0v) is 7.89. The lowest BCUT2D eigenvalue weighted by Crippen LogP contribution is -2.20. The molecule has 0 atom stereocenters. The van der Waals surface area contributed by atoms with Gasteiger partial charge in [-0.15, -0.1) is 0 Å². The van der Waals surface area contributed by atoms with Crippen molar-refractivity contribution in [3.63, 3.8) is 0 Å². The van der Waals surface area contributed by atoms with Gasteiger partial charge in [0.25, 0.3) is 0 Å². The van der Waals surface area contributed by atoms with Gasteiger partial charge in [-0.3, -0.25) is 4.99 Å². The molecule has 2 rings (SSSR count). The Hall–Kier alpha value is -0.330. The van der Waals surface area contributed by atoms with Crippen molar-refractivity contribution < 1.29 is 0 Å². The molecule has 2 aliphatic rings. The van der Waals surface area contributed by atoms with Crippen molar-refractivity contribution in [3.8, 4) is 0 Å². The van der Waals surface area contributed by atoms with Gasteiger partial charge in [0, 0.05) is 12.3 Å². The van der Waals surface area contributed by atoms with Gasteiger partial charge >= 0.3 is 0 Å². The number of nitrogens with zero attached hydrogens (tertiary/aromatic N) is 1. The second-order valence-corrected chi connectivity index (χ2v) is 4.17. The normalized spacial score (nSPS) is 26.8. The molecule has 0 aromatic carbocycles. The monoisotopic (exact) mass is 165 g/mol. The predicted molar refractivity (Wildman–Crippen MR) is 52.7 cm³/mol. The maximum Gasteiger partial charge on any atom is 0.0388 e. The van der Waals surface area contributed by atoms with Crippen molar-refractivity contribution in [2.45, 2.75) is 51.4 Å². The molecule has 0 aromatic heterocycles. The van der Waals surface area contributed by atoms with E-state index in [1.54, 1.807) is 5.71 Å². The quantitative estimate of drug-likeness (QED) is 0.566. The highest BCUT2D eigenvalue weighted by Crippen LogP contribution is 2.27. The van der Waals surface area contributed by atoms with Gasteiger partial charge in [-0.2, -0.15) is 0 Å². The summed E-state index contributed by atoms with van der Waals surface area (Å²) in [6.45, 7) is 1.12. The van der Waals surface area contributed by atoms with Gasteiger partial charge in [-0.1, -0.05) is 19.3 Å². The second-order valence-electron chi connectivity index (χ2n) is 4.17. The molecule has 0 aromatic rings. The minimum Gasteiger partial charge on any atom is -0.294 e. The Balaban J connectivity index is 1.92. The summed E-state index contributed by atoms with van der Waals surface area (Å²) in [5.41, 5.74) is 1.57. The fraction of sp³-hybridized carbons (Fsp3) is 0.909. The third-order valence-corrected chi connectivity index (χ3v) is 3.23. The summed E-state index contributed by atoms with van der Waals surface area (Å²) in [4.78, 5) is 4.67. The van der Waals surface area contributed by atoms with E-state index in [1.165, 1.54) is 51.4 Å². The van der Waals surface area contributed by atoms with Crippen molar-refractivity contribution in [1.82, 2.24) is 0 Å². The highest BCUT2D eigenvalue weighted by Gasteiger charge is 2.19. The molecule has 1 heteroatoms. The van der Waals surface area contributed by atoms with Gasteiger partial charge in [-0.25, -0.2) is 0 Å². The molecule has 1 heterocycles. The van der Waals surface area contributed by atoms with Crippen LogP contribution in [0.4, 0.5) is 0 Å². The summed E-state index contributed by atoms with van der Waals surface area (Å²) in [6.07, 6.45) is 11.3. The van der Waals surface area contributed by atoms with Crippen LogP contribution in [0.2, 0.25) is 0 Å². The topological polar surface area (TPSA) is 12.4 Å². The maximum absolute atomic E-state index is 4.67. The van der Waals surface area contributed by atoms with Crippen LogP contribution in [0.3, 0.4) is 0 Å². The summed E-state index contributed by atoms with van der Waals surface area (Å²) < 4.78 is 0. The first-order valence-electron chi connectivity index (χ1n) is 5.50. The van der Waals surface area contributed by atoms with Crippen LogP contribution in [0.15, 0.2) is 4.99 Å². The van der Waals surface area contributed by atoms with Crippen LogP contribution >= 0.6 is 0 Å². The first-order chi connectivity index (χ1) is 5.97. The van der Waals surface area contributed by atoms with Crippen LogP contribution in [-0.4, -0.2) is 12.3 Å². The van der Waals surface area contributed by atoms with E-state index in [9.17, 15) is 0 Å². The van der Waals surface area contributed by atoms with E-state index in [-0.39, 0.29) is 0 Å². The second kappa shape index (κ2) is 4.06. The summed E-state index contributed by atoms with van der Waals surface area (Å²) in [6, 6.07) is 0. The Morgan fingerprint density at radius 2 is 1.75 bits per heavy atom. The summed E-state index contributed by atoms with van der Waals surface area (Å²) in [5.74, 6) is 0.888. The predicted octanol–water partition coefficient (Wildman–Crippen LogP) is 3.19. The van der Waals surface area contributed by atoms with E-state index in [4.69, 9.17) is 0 Å². The Morgan fingerprint density at radius 1 is 0.917 bits per heavy atom. The van der Waals surface area contributed by atoms with Crippen molar-refractivity contribution in [2.24, 2.45) is 10.9 Å². The standard InChI is InChI=1S/C11H19N/c1-2-6-10(7-3-1)11-8-4-5-9-12-11/h10H,1-9H2. The zero-order valence-electron chi connectivity index (χ0n) is 7.89. The lowest BCUT2D eigenvalue weighted by atomic mass is 9.83. The Bertz CT molecular complexity index is 166. The van der Waals surface area contributed by atoms with Crippen molar-refractivity contribution >= 4 is 5.71 Å². The number of hydrogen-bond acceptors (Lipinski definition) is 1. The van der Waals surface area contributed by atoms with E-state index in [1.807, 2.05) is 0 Å². The molecule has 1 nitrogen and oxygen atoms in total. The smallest absolute Gasteiger partial charge is 0.0388 e. The molecular weight excluding hydrogens is 146 g/mol. The van der Waals surface area contributed by atoms with E-state index in [0.717, 1.165) is 12.5 Å². The van der Waals surface area contributed by atoms with Gasteiger partial charge in [0.05, 0.1) is 0 Å². The van der Waals surface area contributed by atoms with Crippen LogP contribution in [-0.2, 0) is 0 Å². The molecule has 0 radical (unpaired) electrons. The molecule has 68 valence electrons. The van der Waals surface area contributed by atoms with Crippen LogP contribution in [0.25, 0.3) is 0 Å². The molecule has 1 aliphatic carbocycles. The van der Waals surface area contributed by atoms with Gasteiger partial charge in [0.1, 0.15) is 0 Å². The number of hydrogen-bond donors (Lipinski definition) is 0. The largest absolute Gasteiger partial charge is 0.294 e. The first kappa shape index (κ1) is 8.28. The molecule has 1 fully saturated rings. The molecule has 1 saturated carbocycles. The SMILES string of the molecule is C1CCC(C2=NCCCC2)CC1. The zero-order chi connectivity index (χ0) is 8.23. The van der Waals surface area contributed by atoms with Crippen molar-refractivity contribution in [3.05, 3.63) is 0 Å². The fourth-order valence-electron chi connectivity index (χ4n) is 2.49. The molecule has 0 amide bonds. The van der Waals surface area contributed by atoms with Crippen molar-refractivity contribution in [2.75, 3.05) is 6.54 Å². The third-order valence-electron chi connectivity index (χ3n) is 3.23. The van der Waals surface area contributed by atoms with Crippen LogP contribution in [0.5, 0.6) is 0 Å². The minimum absolute atomic E-state index is 0.888. The molecule has 0 N–H and O–H groups in total. The van der Waals surface area contributed by atoms with Gasteiger partial charge < -0.3 is 0 Å². The van der Waals surface area contributed by atoms with Crippen LogP contribution in [0, 0.1) is 5.92 Å². The molecule has 12 heavy (non-hydrogen) atoms. The molecule has 0 unspecified atom stereocenters. The average Bonchev–Trinajstić information content (AvgIpc) is 2.21. The molecule has 0 bridgehead atoms. The fourth-order valence-corrected chi connectivity index (χ4v) is 2.49. The van der Waals surface area contributed by atoms with Gasteiger partial charge in [0.2, 0.25) is 0 Å². The number of rotatable bonds is 1. The Morgan fingerprint density at radius 3 is 2.42 bits per heavy atom. The van der Waals surface area contributed by atoms with Gasteiger partial charge in [-0.05, 0) is 38.0 Å². The third kappa shape index (κ3) is 1.88. The first-order valence-corrected chi connectivity index (χ1v) is 5.50.